The van der Waals surface area contributed by atoms with Crippen LogP contribution in [0, 0.1) is 6.92 Å². The summed E-state index contributed by atoms with van der Waals surface area (Å²) in [6.07, 6.45) is 0. The van der Waals surface area contributed by atoms with E-state index >= 15 is 0 Å². The molecule has 3 aromatic rings. The average molecular weight is 372 g/mol. The van der Waals surface area contributed by atoms with Crippen molar-refractivity contribution in [2.24, 2.45) is 0 Å². The molecular formula is C19H18ClN3O3. The van der Waals surface area contributed by atoms with Gasteiger partial charge in [0.1, 0.15) is 17.2 Å². The number of halogens is 1. The summed E-state index contributed by atoms with van der Waals surface area (Å²) in [5.41, 5.74) is 3.21. The number of benzene rings is 2. The van der Waals surface area contributed by atoms with Crippen LogP contribution in [0.2, 0.25) is 5.02 Å². The number of rotatable bonds is 5. The fraction of sp³-hybridized carbons (Fsp3) is 0.158. The SMILES string of the molecule is COc1ccc(-c2cc(C(=O)Nc3ccc(C)cc3Cl)[nH]n2)c(OC)c1. The van der Waals surface area contributed by atoms with E-state index in [0.717, 1.165) is 11.1 Å². The zero-order valence-corrected chi connectivity index (χ0v) is 15.3. The Kier molecular flexibility index (Phi) is 5.14. The number of aromatic nitrogens is 2. The number of amides is 1. The van der Waals surface area contributed by atoms with Crippen LogP contribution in [0.15, 0.2) is 42.5 Å². The summed E-state index contributed by atoms with van der Waals surface area (Å²) in [5.74, 6) is 0.944. The van der Waals surface area contributed by atoms with Gasteiger partial charge in [0, 0.05) is 11.6 Å². The van der Waals surface area contributed by atoms with Gasteiger partial charge in [0.15, 0.2) is 0 Å². The van der Waals surface area contributed by atoms with Crippen molar-refractivity contribution in [3.05, 3.63) is 58.7 Å². The Bertz CT molecular complexity index is 953. The van der Waals surface area contributed by atoms with Crippen LogP contribution < -0.4 is 14.8 Å². The largest absolute Gasteiger partial charge is 0.497 e. The average Bonchev–Trinajstić information content (AvgIpc) is 3.13. The summed E-state index contributed by atoms with van der Waals surface area (Å²) < 4.78 is 10.6. The van der Waals surface area contributed by atoms with Gasteiger partial charge < -0.3 is 14.8 Å². The van der Waals surface area contributed by atoms with Crippen molar-refractivity contribution in [1.29, 1.82) is 0 Å². The minimum absolute atomic E-state index is 0.314. The van der Waals surface area contributed by atoms with Gasteiger partial charge in [-0.05, 0) is 42.8 Å². The molecule has 134 valence electrons. The monoisotopic (exact) mass is 371 g/mol. The second-order valence-electron chi connectivity index (χ2n) is 5.67. The zero-order valence-electron chi connectivity index (χ0n) is 14.6. The first kappa shape index (κ1) is 17.8. The van der Waals surface area contributed by atoms with Crippen molar-refractivity contribution in [3.8, 4) is 22.8 Å². The van der Waals surface area contributed by atoms with Gasteiger partial charge in [0.05, 0.1) is 30.6 Å². The molecule has 3 rings (SSSR count). The standard InChI is InChI=1S/C19H18ClN3O3/c1-11-4-7-15(14(20)8-11)21-19(24)17-10-16(22-23-17)13-6-5-12(25-2)9-18(13)26-3/h4-10H,1-3H3,(H,21,24)(H,22,23). The van der Waals surface area contributed by atoms with Gasteiger partial charge in [-0.3, -0.25) is 9.89 Å². The number of aryl methyl sites for hydroxylation is 1. The van der Waals surface area contributed by atoms with Crippen LogP contribution in [0.25, 0.3) is 11.3 Å². The lowest BCUT2D eigenvalue weighted by molar-refractivity contribution is 0.102. The third-order valence-electron chi connectivity index (χ3n) is 3.88. The second-order valence-corrected chi connectivity index (χ2v) is 6.08. The Labute approximate surface area is 156 Å². The lowest BCUT2D eigenvalue weighted by Gasteiger charge is -2.08. The van der Waals surface area contributed by atoms with Gasteiger partial charge in [-0.1, -0.05) is 17.7 Å². The minimum atomic E-state index is -0.331. The molecule has 0 unspecified atom stereocenters. The molecule has 0 saturated carbocycles. The van der Waals surface area contributed by atoms with E-state index in [0.29, 0.717) is 33.6 Å². The van der Waals surface area contributed by atoms with E-state index in [1.807, 2.05) is 19.1 Å². The summed E-state index contributed by atoms with van der Waals surface area (Å²) in [6, 6.07) is 12.5. The highest BCUT2D eigenvalue weighted by molar-refractivity contribution is 6.34. The summed E-state index contributed by atoms with van der Waals surface area (Å²) in [7, 11) is 3.15. The van der Waals surface area contributed by atoms with Crippen LogP contribution in [0.3, 0.4) is 0 Å². The van der Waals surface area contributed by atoms with Gasteiger partial charge in [-0.2, -0.15) is 5.10 Å². The van der Waals surface area contributed by atoms with Crippen LogP contribution in [-0.4, -0.2) is 30.3 Å². The molecule has 0 saturated heterocycles. The Morgan fingerprint density at radius 3 is 2.62 bits per heavy atom. The van der Waals surface area contributed by atoms with Crippen LogP contribution in [0.5, 0.6) is 11.5 Å². The van der Waals surface area contributed by atoms with E-state index in [1.165, 1.54) is 0 Å². The maximum absolute atomic E-state index is 12.5. The molecular weight excluding hydrogens is 354 g/mol. The van der Waals surface area contributed by atoms with Crippen molar-refractivity contribution >= 4 is 23.2 Å². The van der Waals surface area contributed by atoms with E-state index in [2.05, 4.69) is 15.5 Å². The third-order valence-corrected chi connectivity index (χ3v) is 4.19. The highest BCUT2D eigenvalue weighted by Gasteiger charge is 2.15. The number of ether oxygens (including phenoxy) is 2. The Morgan fingerprint density at radius 2 is 1.92 bits per heavy atom. The lowest BCUT2D eigenvalue weighted by atomic mass is 10.1. The van der Waals surface area contributed by atoms with E-state index in [4.69, 9.17) is 21.1 Å². The van der Waals surface area contributed by atoms with E-state index < -0.39 is 0 Å². The van der Waals surface area contributed by atoms with E-state index in [1.54, 1.807) is 44.6 Å². The molecule has 0 spiro atoms. The van der Waals surface area contributed by atoms with Gasteiger partial charge in [0.2, 0.25) is 0 Å². The number of carbonyl (C=O) groups is 1. The number of hydrogen-bond acceptors (Lipinski definition) is 4. The molecule has 0 atom stereocenters. The molecule has 0 bridgehead atoms. The zero-order chi connectivity index (χ0) is 18.7. The number of aromatic amines is 1. The van der Waals surface area contributed by atoms with Gasteiger partial charge in [-0.25, -0.2) is 0 Å². The molecule has 2 N–H and O–H groups in total. The van der Waals surface area contributed by atoms with Crippen molar-refractivity contribution in [1.82, 2.24) is 10.2 Å². The number of hydrogen-bond donors (Lipinski definition) is 2. The minimum Gasteiger partial charge on any atom is -0.497 e. The maximum atomic E-state index is 12.5. The van der Waals surface area contributed by atoms with Crippen LogP contribution >= 0.6 is 11.6 Å². The molecule has 1 aromatic heterocycles. The molecule has 6 nitrogen and oxygen atoms in total. The molecule has 2 aromatic carbocycles. The normalized spacial score (nSPS) is 10.5. The predicted octanol–water partition coefficient (Wildman–Crippen LogP) is 4.31. The van der Waals surface area contributed by atoms with Crippen molar-refractivity contribution in [2.75, 3.05) is 19.5 Å². The number of nitrogens with one attached hydrogen (secondary N) is 2. The van der Waals surface area contributed by atoms with Crippen LogP contribution in [0.1, 0.15) is 16.1 Å². The smallest absolute Gasteiger partial charge is 0.273 e. The van der Waals surface area contributed by atoms with Crippen molar-refractivity contribution in [2.45, 2.75) is 6.92 Å². The van der Waals surface area contributed by atoms with E-state index in [-0.39, 0.29) is 5.91 Å². The fourth-order valence-corrected chi connectivity index (χ4v) is 2.78. The van der Waals surface area contributed by atoms with Gasteiger partial charge in [0.25, 0.3) is 5.91 Å². The lowest BCUT2D eigenvalue weighted by Crippen LogP contribution is -2.12. The predicted molar refractivity (Wildman–Crippen MR) is 101 cm³/mol. The molecule has 0 radical (unpaired) electrons. The first-order valence-corrected chi connectivity index (χ1v) is 8.25. The highest BCUT2D eigenvalue weighted by atomic mass is 35.5. The molecule has 0 aliphatic heterocycles. The van der Waals surface area contributed by atoms with Crippen molar-refractivity contribution < 1.29 is 14.3 Å². The Balaban J connectivity index is 1.84. The molecule has 7 heteroatoms. The molecule has 26 heavy (non-hydrogen) atoms. The Morgan fingerprint density at radius 1 is 1.12 bits per heavy atom. The molecule has 1 heterocycles. The number of anilines is 1. The number of carbonyl (C=O) groups excluding carboxylic acids is 1. The number of nitrogens with zero attached hydrogens (tertiary/aromatic N) is 1. The third kappa shape index (κ3) is 3.65. The number of methoxy groups -OCH3 is 2. The van der Waals surface area contributed by atoms with Crippen LogP contribution in [0.4, 0.5) is 5.69 Å². The summed E-state index contributed by atoms with van der Waals surface area (Å²) in [4.78, 5) is 12.5. The van der Waals surface area contributed by atoms with Gasteiger partial charge in [-0.15, -0.1) is 0 Å². The Hall–Kier alpha value is -2.99. The molecule has 0 fully saturated rings. The quantitative estimate of drug-likeness (QED) is 0.700. The molecule has 0 aliphatic rings. The summed E-state index contributed by atoms with van der Waals surface area (Å²) in [5, 5.41) is 10.2. The van der Waals surface area contributed by atoms with Crippen molar-refractivity contribution in [3.63, 3.8) is 0 Å². The number of H-pyrrole nitrogens is 1. The fourth-order valence-electron chi connectivity index (χ4n) is 2.50. The topological polar surface area (TPSA) is 76.2 Å². The summed E-state index contributed by atoms with van der Waals surface area (Å²) >= 11 is 6.16. The maximum Gasteiger partial charge on any atom is 0.273 e. The molecule has 0 aliphatic carbocycles. The van der Waals surface area contributed by atoms with Gasteiger partial charge >= 0.3 is 0 Å². The van der Waals surface area contributed by atoms with E-state index in [9.17, 15) is 4.79 Å². The highest BCUT2D eigenvalue weighted by Crippen LogP contribution is 2.32. The van der Waals surface area contributed by atoms with Crippen LogP contribution in [-0.2, 0) is 0 Å². The first-order valence-electron chi connectivity index (χ1n) is 7.87. The molecule has 1 amide bonds. The first-order chi connectivity index (χ1) is 12.5. The summed E-state index contributed by atoms with van der Waals surface area (Å²) in [6.45, 7) is 1.93. The second kappa shape index (κ2) is 7.49.